The van der Waals surface area contributed by atoms with Gasteiger partial charge in [-0.3, -0.25) is 33.6 Å². The molecule has 548 valence electrons. The van der Waals surface area contributed by atoms with Crippen LogP contribution in [0.1, 0.15) is 84.8 Å². The Hall–Kier alpha value is -9.28. The van der Waals surface area contributed by atoms with E-state index in [9.17, 15) is 90.4 Å². The number of aromatic hydroxyl groups is 3. The van der Waals surface area contributed by atoms with E-state index in [0.29, 0.717) is 0 Å². The van der Waals surface area contributed by atoms with Gasteiger partial charge >= 0.3 is 5.97 Å². The Kier molecular flexibility index (Phi) is 23.0. The number of nitrogens with two attached hydrogens (primary N) is 1. The van der Waals surface area contributed by atoms with E-state index >= 15 is 14.4 Å². The van der Waals surface area contributed by atoms with Crippen LogP contribution >= 0.6 is 23.2 Å². The third-order valence-electron chi connectivity index (χ3n) is 17.5. The Morgan fingerprint density at radius 3 is 1.77 bits per heavy atom. The molecule has 22 N–H and O–H groups in total. The van der Waals surface area contributed by atoms with Crippen LogP contribution in [0.2, 0.25) is 10.0 Å². The summed E-state index contributed by atoms with van der Waals surface area (Å²) < 4.78 is 36.6. The zero-order chi connectivity index (χ0) is 74.2. The van der Waals surface area contributed by atoms with Gasteiger partial charge in [0.05, 0.1) is 35.7 Å². The average molecular weight is 1470 g/mol. The summed E-state index contributed by atoms with van der Waals surface area (Å²) in [5.41, 5.74) is 2.66. The molecule has 35 nitrogen and oxygen atoms in total. The number of carboxylic acid groups (broad SMARTS) is 1. The summed E-state index contributed by atoms with van der Waals surface area (Å²) >= 11 is 14.0. The third-order valence-corrected chi connectivity index (χ3v) is 18.1. The number of aliphatic hydroxyl groups is 9. The lowest BCUT2D eigenvalue weighted by Gasteiger charge is -2.45. The maximum absolute atomic E-state index is 15.9. The molecule has 5 aromatic carbocycles. The van der Waals surface area contributed by atoms with Gasteiger partial charge in [0, 0.05) is 22.8 Å². The van der Waals surface area contributed by atoms with Crippen LogP contribution in [0.4, 0.5) is 0 Å². The van der Waals surface area contributed by atoms with E-state index in [1.54, 1.807) is 13.8 Å². The van der Waals surface area contributed by atoms with Gasteiger partial charge in [0.2, 0.25) is 53.4 Å². The number of aliphatic hydroxyl groups excluding tert-OH is 9. The van der Waals surface area contributed by atoms with Gasteiger partial charge in [-0.1, -0.05) is 55.2 Å². The molecule has 0 saturated carbocycles. The van der Waals surface area contributed by atoms with Gasteiger partial charge in [-0.15, -0.1) is 0 Å². The van der Waals surface area contributed by atoms with Crippen LogP contribution in [-0.4, -0.2) is 220 Å². The Labute approximate surface area is 586 Å². The van der Waals surface area contributed by atoms with Crippen LogP contribution in [0.5, 0.6) is 46.0 Å². The van der Waals surface area contributed by atoms with Crippen molar-refractivity contribution in [2.24, 2.45) is 11.7 Å². The van der Waals surface area contributed by atoms with Crippen molar-refractivity contribution in [3.05, 3.63) is 117 Å². The van der Waals surface area contributed by atoms with Crippen molar-refractivity contribution in [3.63, 3.8) is 0 Å². The van der Waals surface area contributed by atoms with Gasteiger partial charge in [0.25, 0.3) is 0 Å². The average Bonchev–Trinajstić information content (AvgIpc) is 0.769. The van der Waals surface area contributed by atoms with Crippen molar-refractivity contribution in [3.8, 4) is 57.1 Å². The monoisotopic (exact) mass is 1470 g/mol. The molecule has 0 aliphatic carbocycles. The fourth-order valence-electron chi connectivity index (χ4n) is 12.2. The zero-order valence-electron chi connectivity index (χ0n) is 53.7. The second kappa shape index (κ2) is 31.1. The summed E-state index contributed by atoms with van der Waals surface area (Å²) in [4.78, 5) is 116. The lowest BCUT2D eigenvalue weighted by atomic mass is 9.89. The van der Waals surface area contributed by atoms with Crippen molar-refractivity contribution < 1.29 is 133 Å². The minimum absolute atomic E-state index is 0.113. The minimum Gasteiger partial charge on any atom is -0.508 e. The lowest BCUT2D eigenvalue weighted by molar-refractivity contribution is -0.352. The summed E-state index contributed by atoms with van der Waals surface area (Å²) in [6, 6.07) is -1.36. The Morgan fingerprint density at radius 2 is 1.19 bits per heavy atom. The standard InChI is InChI=1S/C65H72Cl2N8O27/c1-21(2)10-31(69-3)57(89)74-46-48(82)23-5-8-35(29(66)12-23)97-37-14-25-15-38(55(37)101-65-54(88)52(86)56(40(20-77)100-65)102-64-53(87)51(85)50(84)39(19-76)99-64)98-36-9-6-24(13-30(36)67)49(83)47-62(94)73-45(63(95)96)28-16-26(78)17-34(80)42(28)27-11-22(4-7-33(27)79)43(59(91)75-47)72-60(92)44(25)71-58(90)32(18-41(68)81)70-61(46)93/h4-9,11-17,21,31-32,39-40,43-54,56,64-65,69,76-80,82-88H,10,18-20H2,1-3H3,(H2,68,81)(H,70,93)(H,71,90)(H,72,92)(H,73,94)(H,74,89)(H,75,91)(H,95,96)/t31-,32+,39-,40-,43-,44-,45+,46-,47+,48-,49-,50-,51+,52-,53-,54-,56-,64+,65+/m1/s1. The molecule has 0 spiro atoms. The number of rotatable bonds is 14. The number of ether oxygens (including phenoxy) is 6. The number of carbonyl (C=O) groups is 8. The predicted octanol–water partition coefficient (Wildman–Crippen LogP) is -2.31. The lowest BCUT2D eigenvalue weighted by Crippen LogP contribution is -2.65. The van der Waals surface area contributed by atoms with Gasteiger partial charge in [-0.2, -0.15) is 0 Å². The molecule has 0 aromatic heterocycles. The Balaban J connectivity index is 1.20. The van der Waals surface area contributed by atoms with Crippen molar-refractivity contribution in [2.45, 2.75) is 143 Å². The number of aliphatic carboxylic acids is 1. The minimum atomic E-state index is -2.38. The van der Waals surface area contributed by atoms with Crippen LogP contribution in [0.15, 0.2) is 78.9 Å². The molecule has 19 atom stereocenters. The molecule has 0 radical (unpaired) electrons. The normalized spacial score (nSPS) is 29.3. The largest absolute Gasteiger partial charge is 0.508 e. The van der Waals surface area contributed by atoms with Gasteiger partial charge in [-0.25, -0.2) is 4.79 Å². The number of fused-ring (bicyclic) bond motifs is 15. The summed E-state index contributed by atoms with van der Waals surface area (Å²) in [7, 11) is 1.46. The molecule has 7 aliphatic rings. The van der Waals surface area contributed by atoms with E-state index in [1.807, 2.05) is 0 Å². The number of primary amides is 1. The molecule has 7 heterocycles. The number of phenolic OH excluding ortho intramolecular Hbond substituents is 3. The topological polar surface area (TPSA) is 565 Å². The second-order valence-corrected chi connectivity index (χ2v) is 25.8. The fraction of sp³-hybridized carbons (Fsp3) is 0.415. The highest BCUT2D eigenvalue weighted by Crippen LogP contribution is 2.50. The second-order valence-electron chi connectivity index (χ2n) is 25.0. The summed E-state index contributed by atoms with van der Waals surface area (Å²) in [6.45, 7) is 1.59. The first-order valence-electron chi connectivity index (χ1n) is 31.4. The van der Waals surface area contributed by atoms with E-state index in [-0.39, 0.29) is 29.0 Å². The van der Waals surface area contributed by atoms with Gasteiger partial charge in [0.1, 0.15) is 120 Å². The van der Waals surface area contributed by atoms with E-state index in [0.717, 1.165) is 72.8 Å². The molecule has 2 saturated heterocycles. The molecular formula is C65H72Cl2N8O27. The van der Waals surface area contributed by atoms with Crippen LogP contribution in [0.3, 0.4) is 0 Å². The smallest absolute Gasteiger partial charge is 0.330 e. The number of carbonyl (C=O) groups excluding carboxylic acids is 7. The number of halogens is 2. The number of phenols is 3. The Morgan fingerprint density at radius 1 is 0.608 bits per heavy atom. The molecule has 7 aliphatic heterocycles. The van der Waals surface area contributed by atoms with Gasteiger partial charge in [-0.05, 0) is 96.2 Å². The molecule has 0 unspecified atom stereocenters. The van der Waals surface area contributed by atoms with Crippen molar-refractivity contribution >= 4 is 70.5 Å². The van der Waals surface area contributed by atoms with E-state index in [1.165, 1.54) is 13.1 Å². The molecule has 37 heteroatoms. The quantitative estimate of drug-likeness (QED) is 0.0555. The Bertz CT molecular complexity index is 4080. The van der Waals surface area contributed by atoms with Crippen LogP contribution < -0.4 is 57.2 Å². The number of nitrogens with one attached hydrogen (secondary N) is 7. The summed E-state index contributed by atoms with van der Waals surface area (Å²) in [5.74, 6) is -16.6. The van der Waals surface area contributed by atoms with Crippen LogP contribution in [-0.2, 0) is 52.6 Å². The van der Waals surface area contributed by atoms with Gasteiger partial charge < -0.3 is 138 Å². The first-order chi connectivity index (χ1) is 48.3. The zero-order valence-corrected chi connectivity index (χ0v) is 55.3. The van der Waals surface area contributed by atoms with Crippen molar-refractivity contribution in [1.82, 2.24) is 37.2 Å². The molecule has 7 amide bonds. The van der Waals surface area contributed by atoms with E-state index < -0.39 is 261 Å². The number of amides is 7. The summed E-state index contributed by atoms with van der Waals surface area (Å²) in [6.07, 6.45) is -25.3. The number of hydrogen-bond donors (Lipinski definition) is 21. The highest BCUT2D eigenvalue weighted by atomic mass is 35.5. The maximum Gasteiger partial charge on any atom is 0.330 e. The van der Waals surface area contributed by atoms with Crippen LogP contribution in [0.25, 0.3) is 11.1 Å². The number of likely N-dealkylation sites (N-methyl/N-ethyl adjacent to an activating group) is 1. The molecule has 5 aromatic rings. The highest BCUT2D eigenvalue weighted by Gasteiger charge is 2.52. The van der Waals surface area contributed by atoms with Gasteiger partial charge in [0.15, 0.2) is 23.8 Å². The first kappa shape index (κ1) is 75.4. The molecular weight excluding hydrogens is 1400 g/mol. The SMILES string of the molecule is CN[C@H](CC(C)C)C(=O)N[C@H]1C(=O)N[C@@H](CC(N)=O)C(=O)N[C@H]2C(=O)N[C@H]3C(=O)N[C@H](C(=O)N[C@H](C(=O)O)c4cc(O)cc(O)c4-c4cc3ccc4O)[C@H](O)c3ccc(c(Cl)c3)Oc3cc2cc(c3O[C@@H]2O[C@H](CO)[C@@H](O[C@@H]3O[C@H](CO)[C@@H](O)[C@H](O)[C@H]3O)[C@H](O)[C@H]2O)Oc2ccc(cc2Cl)[C@H]1O. The first-order valence-corrected chi connectivity index (χ1v) is 32.2. The molecule has 11 bridgehead atoms. The molecule has 102 heavy (non-hydrogen) atoms. The predicted molar refractivity (Wildman–Crippen MR) is 346 cm³/mol. The number of carboxylic acids is 1. The third kappa shape index (κ3) is 15.7. The fourth-order valence-corrected chi connectivity index (χ4v) is 12.7. The summed E-state index contributed by atoms with van der Waals surface area (Å²) in [5, 5.41) is 162. The molecule has 2 fully saturated rings. The van der Waals surface area contributed by atoms with E-state index in [4.69, 9.17) is 57.4 Å². The van der Waals surface area contributed by atoms with Crippen molar-refractivity contribution in [2.75, 3.05) is 20.3 Å². The number of hydrogen-bond acceptors (Lipinski definition) is 27. The van der Waals surface area contributed by atoms with Crippen molar-refractivity contribution in [1.29, 1.82) is 0 Å². The number of benzene rings is 5. The van der Waals surface area contributed by atoms with Crippen LogP contribution in [0, 0.1) is 5.92 Å². The van der Waals surface area contributed by atoms with E-state index in [2.05, 4.69) is 37.2 Å². The maximum atomic E-state index is 15.9. The molecule has 12 rings (SSSR count). The highest BCUT2D eigenvalue weighted by molar-refractivity contribution is 6.32.